The summed E-state index contributed by atoms with van der Waals surface area (Å²) in [7, 11) is 1.44. The normalized spacial score (nSPS) is 11.2. The van der Waals surface area contributed by atoms with E-state index < -0.39 is 17.5 Å². The number of carboxylic acid groups (broad SMARTS) is 1. The van der Waals surface area contributed by atoms with E-state index in [0.29, 0.717) is 12.4 Å². The molecule has 19 heavy (non-hydrogen) atoms. The fraction of sp³-hybridized carbons (Fsp3) is 0.636. The number of nitrogens with zero attached hydrogens (tertiary/aromatic N) is 4. The lowest BCUT2D eigenvalue weighted by Gasteiger charge is -2.31. The third-order valence-corrected chi connectivity index (χ3v) is 3.10. The van der Waals surface area contributed by atoms with Crippen molar-refractivity contribution in [3.63, 3.8) is 0 Å². The largest absolute Gasteiger partial charge is 0.480 e. The first kappa shape index (κ1) is 14.9. The Balaban J connectivity index is 2.63. The summed E-state index contributed by atoms with van der Waals surface area (Å²) in [6, 6.07) is -0.474. The zero-order valence-corrected chi connectivity index (χ0v) is 11.5. The van der Waals surface area contributed by atoms with Crippen LogP contribution in [0.15, 0.2) is 6.33 Å². The fourth-order valence-corrected chi connectivity index (χ4v) is 1.35. The molecule has 0 spiro atoms. The lowest BCUT2D eigenvalue weighted by atomic mass is 10.1. The van der Waals surface area contributed by atoms with Crippen LogP contribution in [0.1, 0.15) is 26.6 Å². The molecule has 106 valence electrons. The van der Waals surface area contributed by atoms with Crippen molar-refractivity contribution in [3.05, 3.63) is 12.2 Å². The number of hydrogen-bond donors (Lipinski definition) is 2. The van der Waals surface area contributed by atoms with E-state index in [2.05, 4.69) is 15.5 Å². The van der Waals surface area contributed by atoms with Crippen molar-refractivity contribution in [2.24, 2.45) is 0 Å². The summed E-state index contributed by atoms with van der Waals surface area (Å²) < 4.78 is 1.79. The van der Waals surface area contributed by atoms with Gasteiger partial charge in [0.2, 0.25) is 0 Å². The number of nitrogens with one attached hydrogen (secondary N) is 1. The first-order chi connectivity index (χ1) is 8.80. The lowest BCUT2D eigenvalue weighted by Crippen LogP contribution is -2.54. The van der Waals surface area contributed by atoms with Crippen LogP contribution < -0.4 is 5.32 Å². The standard InChI is InChI=1S/C11H19N5O3/c1-5-16-7-13-14-8(16)6-12-10(19)15(4)11(2,3)9(17)18/h7H,5-6H2,1-4H3,(H,12,19)(H,17,18). The Morgan fingerprint density at radius 1 is 1.53 bits per heavy atom. The van der Waals surface area contributed by atoms with Gasteiger partial charge in [-0.2, -0.15) is 0 Å². The summed E-state index contributed by atoms with van der Waals surface area (Å²) in [5.41, 5.74) is -1.28. The van der Waals surface area contributed by atoms with Gasteiger partial charge < -0.3 is 19.9 Å². The second-order valence-electron chi connectivity index (χ2n) is 4.62. The van der Waals surface area contributed by atoms with Gasteiger partial charge >= 0.3 is 12.0 Å². The maximum atomic E-state index is 11.9. The van der Waals surface area contributed by atoms with Gasteiger partial charge in [-0.25, -0.2) is 9.59 Å². The number of aliphatic carboxylic acids is 1. The van der Waals surface area contributed by atoms with E-state index in [4.69, 9.17) is 5.11 Å². The van der Waals surface area contributed by atoms with Crippen LogP contribution in [0.25, 0.3) is 0 Å². The Kier molecular flexibility index (Phi) is 4.47. The second kappa shape index (κ2) is 5.68. The highest BCUT2D eigenvalue weighted by atomic mass is 16.4. The Hall–Kier alpha value is -2.12. The molecular formula is C11H19N5O3. The number of rotatable bonds is 5. The van der Waals surface area contributed by atoms with Crippen LogP contribution in [-0.2, 0) is 17.9 Å². The summed E-state index contributed by atoms with van der Waals surface area (Å²) in [6.45, 7) is 5.77. The van der Waals surface area contributed by atoms with Crippen LogP contribution in [0.5, 0.6) is 0 Å². The van der Waals surface area contributed by atoms with E-state index in [1.54, 1.807) is 10.9 Å². The number of urea groups is 1. The number of carbonyl (C=O) groups is 2. The number of carboxylic acids is 1. The number of aromatic nitrogens is 3. The van der Waals surface area contributed by atoms with E-state index in [-0.39, 0.29) is 6.54 Å². The number of hydrogen-bond acceptors (Lipinski definition) is 4. The minimum atomic E-state index is -1.28. The van der Waals surface area contributed by atoms with Gasteiger partial charge in [-0.15, -0.1) is 10.2 Å². The molecular weight excluding hydrogens is 250 g/mol. The number of amides is 2. The quantitative estimate of drug-likeness (QED) is 0.800. The van der Waals surface area contributed by atoms with Gasteiger partial charge in [0.15, 0.2) is 5.82 Å². The Bertz CT molecular complexity index is 469. The van der Waals surface area contributed by atoms with Crippen molar-refractivity contribution in [1.82, 2.24) is 25.0 Å². The average molecular weight is 269 g/mol. The Morgan fingerprint density at radius 2 is 2.16 bits per heavy atom. The minimum Gasteiger partial charge on any atom is -0.480 e. The van der Waals surface area contributed by atoms with Crippen molar-refractivity contribution >= 4 is 12.0 Å². The molecule has 1 aromatic rings. The van der Waals surface area contributed by atoms with Crippen molar-refractivity contribution in [2.45, 2.75) is 39.4 Å². The van der Waals surface area contributed by atoms with Crippen molar-refractivity contribution in [2.75, 3.05) is 7.05 Å². The molecule has 0 aliphatic carbocycles. The topological polar surface area (TPSA) is 100 Å². The van der Waals surface area contributed by atoms with Gasteiger partial charge in [0.1, 0.15) is 11.9 Å². The summed E-state index contributed by atoms with van der Waals surface area (Å²) in [5, 5.41) is 19.3. The van der Waals surface area contributed by atoms with Crippen LogP contribution in [0.2, 0.25) is 0 Å². The molecule has 0 radical (unpaired) electrons. The van der Waals surface area contributed by atoms with Gasteiger partial charge in [-0.05, 0) is 20.8 Å². The highest BCUT2D eigenvalue weighted by Crippen LogP contribution is 2.12. The molecule has 2 amide bonds. The van der Waals surface area contributed by atoms with Crippen molar-refractivity contribution in [3.8, 4) is 0 Å². The van der Waals surface area contributed by atoms with Crippen LogP contribution in [0.3, 0.4) is 0 Å². The van der Waals surface area contributed by atoms with Crippen molar-refractivity contribution < 1.29 is 14.7 Å². The van der Waals surface area contributed by atoms with Gasteiger partial charge in [0.25, 0.3) is 0 Å². The zero-order valence-electron chi connectivity index (χ0n) is 11.5. The molecule has 1 heterocycles. The third kappa shape index (κ3) is 3.21. The number of carbonyl (C=O) groups excluding carboxylic acids is 1. The summed E-state index contributed by atoms with van der Waals surface area (Å²) in [6.07, 6.45) is 1.58. The second-order valence-corrected chi connectivity index (χ2v) is 4.62. The molecule has 0 unspecified atom stereocenters. The molecule has 8 heteroatoms. The molecule has 1 rings (SSSR count). The summed E-state index contributed by atoms with van der Waals surface area (Å²) in [5.74, 6) is -0.445. The highest BCUT2D eigenvalue weighted by molar-refractivity contribution is 5.85. The molecule has 0 saturated carbocycles. The third-order valence-electron chi connectivity index (χ3n) is 3.10. The first-order valence-electron chi connectivity index (χ1n) is 5.92. The number of aryl methyl sites for hydroxylation is 1. The van der Waals surface area contributed by atoms with Gasteiger partial charge in [0.05, 0.1) is 6.54 Å². The van der Waals surface area contributed by atoms with Gasteiger partial charge in [0, 0.05) is 13.6 Å². The predicted molar refractivity (Wildman–Crippen MR) is 67.4 cm³/mol. The lowest BCUT2D eigenvalue weighted by molar-refractivity contribution is -0.146. The summed E-state index contributed by atoms with van der Waals surface area (Å²) >= 11 is 0. The van der Waals surface area contributed by atoms with E-state index in [1.807, 2.05) is 6.92 Å². The highest BCUT2D eigenvalue weighted by Gasteiger charge is 2.35. The van der Waals surface area contributed by atoms with E-state index in [1.165, 1.54) is 20.9 Å². The molecule has 0 aliphatic heterocycles. The van der Waals surface area contributed by atoms with E-state index in [9.17, 15) is 9.59 Å². The van der Waals surface area contributed by atoms with Crippen LogP contribution in [0.4, 0.5) is 4.79 Å². The molecule has 1 aromatic heterocycles. The van der Waals surface area contributed by atoms with Gasteiger partial charge in [-0.1, -0.05) is 0 Å². The Morgan fingerprint density at radius 3 is 2.68 bits per heavy atom. The molecule has 0 saturated heterocycles. The molecule has 0 aliphatic rings. The van der Waals surface area contributed by atoms with E-state index in [0.717, 1.165) is 4.90 Å². The molecule has 0 fully saturated rings. The van der Waals surface area contributed by atoms with Crippen LogP contribution in [0, 0.1) is 0 Å². The fourth-order valence-electron chi connectivity index (χ4n) is 1.35. The van der Waals surface area contributed by atoms with Crippen molar-refractivity contribution in [1.29, 1.82) is 0 Å². The van der Waals surface area contributed by atoms with Crippen LogP contribution in [-0.4, -0.2) is 49.4 Å². The Labute approximate surface area is 111 Å². The maximum Gasteiger partial charge on any atom is 0.329 e. The minimum absolute atomic E-state index is 0.201. The molecule has 0 atom stereocenters. The zero-order chi connectivity index (χ0) is 14.6. The molecule has 8 nitrogen and oxygen atoms in total. The van der Waals surface area contributed by atoms with Gasteiger partial charge in [-0.3, -0.25) is 0 Å². The predicted octanol–water partition coefficient (Wildman–Crippen LogP) is 0.303. The number of likely N-dealkylation sites (N-methyl/N-ethyl adjacent to an activating group) is 1. The first-order valence-corrected chi connectivity index (χ1v) is 5.92. The molecule has 0 bridgehead atoms. The molecule has 2 N–H and O–H groups in total. The van der Waals surface area contributed by atoms with Crippen LogP contribution >= 0.6 is 0 Å². The monoisotopic (exact) mass is 269 g/mol. The molecule has 0 aromatic carbocycles. The SMILES string of the molecule is CCn1cnnc1CNC(=O)N(C)C(C)(C)C(=O)O. The average Bonchev–Trinajstić information content (AvgIpc) is 2.81. The van der Waals surface area contributed by atoms with E-state index >= 15 is 0 Å². The summed E-state index contributed by atoms with van der Waals surface area (Å²) in [4.78, 5) is 24.1. The smallest absolute Gasteiger partial charge is 0.329 e. The maximum absolute atomic E-state index is 11.9.